The Labute approximate surface area is 133 Å². The zero-order valence-corrected chi connectivity index (χ0v) is 12.7. The lowest BCUT2D eigenvalue weighted by Gasteiger charge is -2.26. The zero-order chi connectivity index (χ0) is 15.6. The van der Waals surface area contributed by atoms with Gasteiger partial charge in [0, 0.05) is 43.2 Å². The fourth-order valence-electron chi connectivity index (χ4n) is 3.03. The molecule has 2 aromatic heterocycles. The average Bonchev–Trinajstić information content (AvgIpc) is 2.96. The first-order valence-corrected chi connectivity index (χ1v) is 7.77. The number of aromatic nitrogens is 3. The number of H-pyrrole nitrogens is 1. The van der Waals surface area contributed by atoms with Crippen molar-refractivity contribution in [2.45, 2.75) is 6.54 Å². The Morgan fingerprint density at radius 2 is 1.96 bits per heavy atom. The average molecular weight is 310 g/mol. The van der Waals surface area contributed by atoms with Crippen molar-refractivity contribution < 1.29 is 4.74 Å². The van der Waals surface area contributed by atoms with Crippen LogP contribution < -0.4 is 5.56 Å². The van der Waals surface area contributed by atoms with Gasteiger partial charge >= 0.3 is 0 Å². The molecule has 23 heavy (non-hydrogen) atoms. The number of rotatable bonds is 3. The smallest absolute Gasteiger partial charge is 0.274 e. The van der Waals surface area contributed by atoms with E-state index in [4.69, 9.17) is 4.74 Å². The number of morpholine rings is 1. The van der Waals surface area contributed by atoms with E-state index in [1.807, 2.05) is 30.3 Å². The van der Waals surface area contributed by atoms with Gasteiger partial charge in [-0.15, -0.1) is 0 Å². The highest BCUT2D eigenvalue weighted by Gasteiger charge is 2.20. The van der Waals surface area contributed by atoms with Crippen LogP contribution in [-0.2, 0) is 11.3 Å². The minimum absolute atomic E-state index is 0.106. The monoisotopic (exact) mass is 310 g/mol. The SMILES string of the molecule is O=c1[nH]ccn2nc(-c3ccccc3)c(CN3CCOCC3)c12. The summed E-state index contributed by atoms with van der Waals surface area (Å²) in [5, 5.41) is 4.65. The number of nitrogens with one attached hydrogen (secondary N) is 1. The Bertz CT molecular complexity index is 863. The molecular formula is C17H18N4O2. The van der Waals surface area contributed by atoms with E-state index in [2.05, 4.69) is 15.0 Å². The minimum Gasteiger partial charge on any atom is -0.379 e. The second kappa shape index (κ2) is 5.98. The molecule has 1 aliphatic heterocycles. The number of ether oxygens (including phenoxy) is 1. The van der Waals surface area contributed by atoms with E-state index in [9.17, 15) is 4.79 Å². The van der Waals surface area contributed by atoms with Crippen molar-refractivity contribution >= 4 is 5.52 Å². The molecule has 0 aliphatic carbocycles. The molecule has 0 bridgehead atoms. The van der Waals surface area contributed by atoms with E-state index < -0.39 is 0 Å². The van der Waals surface area contributed by atoms with E-state index in [0.29, 0.717) is 12.1 Å². The van der Waals surface area contributed by atoms with Crippen molar-refractivity contribution in [2.75, 3.05) is 26.3 Å². The lowest BCUT2D eigenvalue weighted by atomic mass is 10.1. The van der Waals surface area contributed by atoms with Crippen molar-refractivity contribution in [3.8, 4) is 11.3 Å². The molecular weight excluding hydrogens is 292 g/mol. The Hall–Kier alpha value is -2.44. The summed E-state index contributed by atoms with van der Waals surface area (Å²) in [5.74, 6) is 0. The van der Waals surface area contributed by atoms with E-state index in [0.717, 1.165) is 43.1 Å². The summed E-state index contributed by atoms with van der Waals surface area (Å²) in [6, 6.07) is 10.0. The highest BCUT2D eigenvalue weighted by Crippen LogP contribution is 2.26. The fourth-order valence-corrected chi connectivity index (χ4v) is 3.03. The molecule has 0 spiro atoms. The summed E-state index contributed by atoms with van der Waals surface area (Å²) < 4.78 is 7.09. The Morgan fingerprint density at radius 1 is 1.17 bits per heavy atom. The van der Waals surface area contributed by atoms with Crippen LogP contribution in [-0.4, -0.2) is 45.8 Å². The standard InChI is InChI=1S/C17H18N4O2/c22-17-16-14(12-20-8-10-23-11-9-20)15(13-4-2-1-3-5-13)19-21(16)7-6-18-17/h1-7H,8-12H2,(H,18,22). The maximum atomic E-state index is 12.3. The van der Waals surface area contributed by atoms with Gasteiger partial charge in [0.1, 0.15) is 5.52 Å². The molecule has 0 unspecified atom stereocenters. The highest BCUT2D eigenvalue weighted by molar-refractivity contribution is 5.72. The third kappa shape index (κ3) is 2.67. The molecule has 6 nitrogen and oxygen atoms in total. The van der Waals surface area contributed by atoms with Crippen LogP contribution in [0.3, 0.4) is 0 Å². The van der Waals surface area contributed by atoms with Crippen LogP contribution in [0, 0.1) is 0 Å². The van der Waals surface area contributed by atoms with Crippen molar-refractivity contribution in [3.05, 3.63) is 58.6 Å². The molecule has 3 heterocycles. The molecule has 4 rings (SSSR count). The third-order valence-corrected chi connectivity index (χ3v) is 4.19. The molecule has 0 saturated carbocycles. The molecule has 118 valence electrons. The Kier molecular flexibility index (Phi) is 3.69. The van der Waals surface area contributed by atoms with Gasteiger partial charge in [0.25, 0.3) is 5.56 Å². The highest BCUT2D eigenvalue weighted by atomic mass is 16.5. The van der Waals surface area contributed by atoms with Gasteiger partial charge in [-0.3, -0.25) is 9.69 Å². The second-order valence-corrected chi connectivity index (χ2v) is 5.66. The number of hydrogen-bond donors (Lipinski definition) is 1. The molecule has 1 aromatic carbocycles. The van der Waals surface area contributed by atoms with Gasteiger partial charge in [-0.2, -0.15) is 5.10 Å². The van der Waals surface area contributed by atoms with Crippen molar-refractivity contribution in [1.82, 2.24) is 19.5 Å². The summed E-state index contributed by atoms with van der Waals surface area (Å²) in [6.07, 6.45) is 3.40. The Morgan fingerprint density at radius 3 is 2.74 bits per heavy atom. The summed E-state index contributed by atoms with van der Waals surface area (Å²) in [7, 11) is 0. The molecule has 1 N–H and O–H groups in total. The molecule has 0 radical (unpaired) electrons. The number of nitrogens with zero attached hydrogens (tertiary/aromatic N) is 3. The first-order valence-electron chi connectivity index (χ1n) is 7.77. The van der Waals surface area contributed by atoms with Crippen LogP contribution in [0.4, 0.5) is 0 Å². The van der Waals surface area contributed by atoms with Gasteiger partial charge in [0.15, 0.2) is 0 Å². The van der Waals surface area contributed by atoms with Crippen molar-refractivity contribution in [1.29, 1.82) is 0 Å². The van der Waals surface area contributed by atoms with Gasteiger partial charge in [0.2, 0.25) is 0 Å². The topological polar surface area (TPSA) is 62.6 Å². The largest absolute Gasteiger partial charge is 0.379 e. The number of fused-ring (bicyclic) bond motifs is 1. The van der Waals surface area contributed by atoms with Gasteiger partial charge in [-0.1, -0.05) is 30.3 Å². The van der Waals surface area contributed by atoms with Gasteiger partial charge in [-0.05, 0) is 0 Å². The predicted octanol–water partition coefficient (Wildman–Crippen LogP) is 1.52. The quantitative estimate of drug-likeness (QED) is 0.797. The van der Waals surface area contributed by atoms with Gasteiger partial charge < -0.3 is 9.72 Å². The molecule has 1 aliphatic rings. The number of aromatic amines is 1. The Balaban J connectivity index is 1.86. The molecule has 1 saturated heterocycles. The van der Waals surface area contributed by atoms with Crippen LogP contribution in [0.5, 0.6) is 0 Å². The zero-order valence-electron chi connectivity index (χ0n) is 12.7. The summed E-state index contributed by atoms with van der Waals surface area (Å²) in [4.78, 5) is 17.4. The van der Waals surface area contributed by atoms with E-state index >= 15 is 0 Å². The fraction of sp³-hybridized carbons (Fsp3) is 0.294. The molecule has 3 aromatic rings. The molecule has 6 heteroatoms. The van der Waals surface area contributed by atoms with Crippen LogP contribution in [0.15, 0.2) is 47.5 Å². The van der Waals surface area contributed by atoms with Crippen LogP contribution >= 0.6 is 0 Å². The lowest BCUT2D eigenvalue weighted by Crippen LogP contribution is -2.36. The molecule has 0 atom stereocenters. The summed E-state index contributed by atoms with van der Waals surface area (Å²) in [6.45, 7) is 3.91. The van der Waals surface area contributed by atoms with Crippen LogP contribution in [0.1, 0.15) is 5.56 Å². The third-order valence-electron chi connectivity index (χ3n) is 4.19. The lowest BCUT2D eigenvalue weighted by molar-refractivity contribution is 0.0344. The maximum absolute atomic E-state index is 12.3. The van der Waals surface area contributed by atoms with E-state index in [1.54, 1.807) is 16.9 Å². The summed E-state index contributed by atoms with van der Waals surface area (Å²) in [5.41, 5.74) is 3.39. The number of hydrogen-bond acceptors (Lipinski definition) is 4. The van der Waals surface area contributed by atoms with Crippen LogP contribution in [0.2, 0.25) is 0 Å². The van der Waals surface area contributed by atoms with Crippen molar-refractivity contribution in [2.24, 2.45) is 0 Å². The van der Waals surface area contributed by atoms with E-state index in [1.165, 1.54) is 0 Å². The molecule has 0 amide bonds. The second-order valence-electron chi connectivity index (χ2n) is 5.66. The van der Waals surface area contributed by atoms with E-state index in [-0.39, 0.29) is 5.56 Å². The first kappa shape index (κ1) is 14.2. The van der Waals surface area contributed by atoms with Gasteiger partial charge in [0.05, 0.1) is 18.9 Å². The maximum Gasteiger partial charge on any atom is 0.274 e. The van der Waals surface area contributed by atoms with Crippen molar-refractivity contribution in [3.63, 3.8) is 0 Å². The molecule has 1 fully saturated rings. The predicted molar refractivity (Wildman–Crippen MR) is 87.3 cm³/mol. The van der Waals surface area contributed by atoms with Gasteiger partial charge in [-0.25, -0.2) is 4.52 Å². The summed E-state index contributed by atoms with van der Waals surface area (Å²) >= 11 is 0. The minimum atomic E-state index is -0.106. The number of benzene rings is 1. The first-order chi connectivity index (χ1) is 11.3. The normalized spacial score (nSPS) is 16.0. The van der Waals surface area contributed by atoms with Crippen LogP contribution in [0.25, 0.3) is 16.8 Å².